The van der Waals surface area contributed by atoms with Crippen molar-refractivity contribution in [3.8, 4) is 0 Å². The topological polar surface area (TPSA) is 29.5 Å². The Morgan fingerprint density at radius 2 is 2.00 bits per heavy atom. The molecule has 1 heterocycles. The molecule has 1 aromatic carbocycles. The largest absolute Gasteiger partial charge is 0.385 e. The fourth-order valence-corrected chi connectivity index (χ4v) is 3.06. The Hall–Kier alpha value is -0.380. The highest BCUT2D eigenvalue weighted by Crippen LogP contribution is 2.37. The summed E-state index contributed by atoms with van der Waals surface area (Å²) in [5.74, 6) is 0. The summed E-state index contributed by atoms with van der Waals surface area (Å²) < 4.78 is 5.69. The van der Waals surface area contributed by atoms with Gasteiger partial charge in [-0.05, 0) is 25.0 Å². The van der Waals surface area contributed by atoms with E-state index in [0.717, 1.165) is 10.9 Å². The summed E-state index contributed by atoms with van der Waals surface area (Å²) in [4.78, 5) is 0. The maximum absolute atomic E-state index is 10.8. The molecule has 2 atom stereocenters. The van der Waals surface area contributed by atoms with E-state index >= 15 is 0 Å². The molecule has 0 bridgehead atoms. The molecule has 2 rings (SSSR count). The molecule has 1 saturated heterocycles. The second-order valence-corrected chi connectivity index (χ2v) is 5.59. The van der Waals surface area contributed by atoms with Gasteiger partial charge in [0.1, 0.15) is 0 Å². The standard InChI is InChI=1S/C14H19BrO2/c1-10-7-14(16,8-11(2)17-10)13-5-3-4-12(6-13)9-15/h3-6,10-11,16H,7-9H2,1-2H3. The lowest BCUT2D eigenvalue weighted by Crippen LogP contribution is -2.41. The van der Waals surface area contributed by atoms with Gasteiger partial charge in [-0.15, -0.1) is 0 Å². The van der Waals surface area contributed by atoms with Crippen LogP contribution in [0, 0.1) is 0 Å². The van der Waals surface area contributed by atoms with E-state index in [4.69, 9.17) is 4.74 Å². The molecular formula is C14H19BrO2. The molecule has 2 nitrogen and oxygen atoms in total. The Bertz CT molecular complexity index is 382. The molecule has 1 aromatic rings. The third-order valence-electron chi connectivity index (χ3n) is 3.33. The van der Waals surface area contributed by atoms with Gasteiger partial charge in [-0.25, -0.2) is 0 Å². The summed E-state index contributed by atoms with van der Waals surface area (Å²) in [7, 11) is 0. The SMILES string of the molecule is CC1CC(O)(c2cccc(CBr)c2)CC(C)O1. The van der Waals surface area contributed by atoms with Crippen LogP contribution >= 0.6 is 15.9 Å². The molecule has 0 aliphatic carbocycles. The van der Waals surface area contributed by atoms with Crippen LogP contribution in [0.15, 0.2) is 24.3 Å². The summed E-state index contributed by atoms with van der Waals surface area (Å²) in [6.45, 7) is 4.05. The first-order chi connectivity index (χ1) is 8.03. The molecule has 2 unspecified atom stereocenters. The van der Waals surface area contributed by atoms with Crippen LogP contribution in [0.1, 0.15) is 37.8 Å². The van der Waals surface area contributed by atoms with Crippen LogP contribution in [-0.2, 0) is 15.7 Å². The Morgan fingerprint density at radius 3 is 2.59 bits per heavy atom. The number of benzene rings is 1. The molecule has 1 fully saturated rings. The summed E-state index contributed by atoms with van der Waals surface area (Å²) in [6.07, 6.45) is 1.55. The Balaban J connectivity index is 2.29. The number of alkyl halides is 1. The predicted molar refractivity (Wildman–Crippen MR) is 72.2 cm³/mol. The van der Waals surface area contributed by atoms with Crippen LogP contribution in [0.25, 0.3) is 0 Å². The van der Waals surface area contributed by atoms with Crippen LogP contribution in [0.5, 0.6) is 0 Å². The van der Waals surface area contributed by atoms with E-state index < -0.39 is 5.60 Å². The predicted octanol–water partition coefficient (Wildman–Crippen LogP) is 3.36. The van der Waals surface area contributed by atoms with Crippen molar-refractivity contribution in [2.45, 2.75) is 49.8 Å². The molecule has 1 N–H and O–H groups in total. The van der Waals surface area contributed by atoms with Gasteiger partial charge in [0.05, 0.1) is 17.8 Å². The summed E-state index contributed by atoms with van der Waals surface area (Å²) in [5, 5.41) is 11.6. The van der Waals surface area contributed by atoms with Crippen LogP contribution in [0.2, 0.25) is 0 Å². The van der Waals surface area contributed by atoms with Gasteiger partial charge in [0.2, 0.25) is 0 Å². The number of halogens is 1. The smallest absolute Gasteiger partial charge is 0.0945 e. The average molecular weight is 299 g/mol. The van der Waals surface area contributed by atoms with Crippen molar-refractivity contribution < 1.29 is 9.84 Å². The van der Waals surface area contributed by atoms with Gasteiger partial charge in [0.15, 0.2) is 0 Å². The normalized spacial score (nSPS) is 33.6. The second-order valence-electron chi connectivity index (χ2n) is 5.03. The van der Waals surface area contributed by atoms with Crippen molar-refractivity contribution in [2.24, 2.45) is 0 Å². The van der Waals surface area contributed by atoms with E-state index in [1.807, 2.05) is 26.0 Å². The zero-order chi connectivity index (χ0) is 12.5. The fraction of sp³-hybridized carbons (Fsp3) is 0.571. The lowest BCUT2D eigenvalue weighted by atomic mass is 9.81. The first kappa shape index (κ1) is 13.1. The molecule has 0 aromatic heterocycles. The lowest BCUT2D eigenvalue weighted by Gasteiger charge is -2.39. The Labute approximate surface area is 111 Å². The van der Waals surface area contributed by atoms with E-state index in [0.29, 0.717) is 12.8 Å². The van der Waals surface area contributed by atoms with Gasteiger partial charge in [-0.3, -0.25) is 0 Å². The van der Waals surface area contributed by atoms with Crippen molar-refractivity contribution in [3.63, 3.8) is 0 Å². The highest BCUT2D eigenvalue weighted by molar-refractivity contribution is 9.08. The molecule has 0 spiro atoms. The molecule has 17 heavy (non-hydrogen) atoms. The number of hydrogen-bond acceptors (Lipinski definition) is 2. The Morgan fingerprint density at radius 1 is 1.35 bits per heavy atom. The molecule has 0 amide bonds. The number of hydrogen-bond donors (Lipinski definition) is 1. The van der Waals surface area contributed by atoms with Crippen molar-refractivity contribution in [3.05, 3.63) is 35.4 Å². The van der Waals surface area contributed by atoms with Crippen molar-refractivity contribution in [1.29, 1.82) is 0 Å². The zero-order valence-electron chi connectivity index (χ0n) is 10.3. The lowest BCUT2D eigenvalue weighted by molar-refractivity contribution is -0.135. The third kappa shape index (κ3) is 2.90. The molecule has 1 aliphatic rings. The van der Waals surface area contributed by atoms with Crippen LogP contribution in [-0.4, -0.2) is 17.3 Å². The number of rotatable bonds is 2. The van der Waals surface area contributed by atoms with Crippen LogP contribution in [0.4, 0.5) is 0 Å². The van der Waals surface area contributed by atoms with E-state index in [1.165, 1.54) is 5.56 Å². The maximum atomic E-state index is 10.8. The minimum atomic E-state index is -0.741. The molecule has 0 saturated carbocycles. The quantitative estimate of drug-likeness (QED) is 0.849. The van der Waals surface area contributed by atoms with Gasteiger partial charge in [-0.2, -0.15) is 0 Å². The third-order valence-corrected chi connectivity index (χ3v) is 3.98. The highest BCUT2D eigenvalue weighted by atomic mass is 79.9. The van der Waals surface area contributed by atoms with E-state index in [1.54, 1.807) is 0 Å². The van der Waals surface area contributed by atoms with E-state index in [9.17, 15) is 5.11 Å². The summed E-state index contributed by atoms with van der Waals surface area (Å²) in [6, 6.07) is 8.17. The first-order valence-electron chi connectivity index (χ1n) is 6.07. The average Bonchev–Trinajstić information content (AvgIpc) is 2.27. The minimum Gasteiger partial charge on any atom is -0.385 e. The van der Waals surface area contributed by atoms with Crippen LogP contribution < -0.4 is 0 Å². The molecular weight excluding hydrogens is 280 g/mol. The van der Waals surface area contributed by atoms with Gasteiger partial charge in [0.25, 0.3) is 0 Å². The van der Waals surface area contributed by atoms with Crippen molar-refractivity contribution in [1.82, 2.24) is 0 Å². The number of ether oxygens (including phenoxy) is 1. The highest BCUT2D eigenvalue weighted by Gasteiger charge is 2.38. The first-order valence-corrected chi connectivity index (χ1v) is 7.19. The fourth-order valence-electron chi connectivity index (χ4n) is 2.71. The second kappa shape index (κ2) is 5.09. The van der Waals surface area contributed by atoms with Crippen molar-refractivity contribution >= 4 is 15.9 Å². The Kier molecular flexibility index (Phi) is 3.91. The number of aliphatic hydroxyl groups is 1. The molecule has 3 heteroatoms. The minimum absolute atomic E-state index is 0.108. The van der Waals surface area contributed by atoms with Crippen LogP contribution in [0.3, 0.4) is 0 Å². The summed E-state index contributed by atoms with van der Waals surface area (Å²) in [5.41, 5.74) is 1.47. The maximum Gasteiger partial charge on any atom is 0.0945 e. The monoisotopic (exact) mass is 298 g/mol. The molecule has 1 aliphatic heterocycles. The van der Waals surface area contributed by atoms with Gasteiger partial charge < -0.3 is 9.84 Å². The van der Waals surface area contributed by atoms with E-state index in [2.05, 4.69) is 28.1 Å². The molecule has 94 valence electrons. The van der Waals surface area contributed by atoms with E-state index in [-0.39, 0.29) is 12.2 Å². The van der Waals surface area contributed by atoms with Gasteiger partial charge in [0, 0.05) is 18.2 Å². The van der Waals surface area contributed by atoms with Crippen molar-refractivity contribution in [2.75, 3.05) is 0 Å². The van der Waals surface area contributed by atoms with Gasteiger partial charge in [-0.1, -0.05) is 40.2 Å². The zero-order valence-corrected chi connectivity index (χ0v) is 11.9. The van der Waals surface area contributed by atoms with Gasteiger partial charge >= 0.3 is 0 Å². The summed E-state index contributed by atoms with van der Waals surface area (Å²) >= 11 is 3.45. The molecule has 0 radical (unpaired) electrons.